The molecular formula is C4H10MnO. The molecule has 0 amide bonds. The van der Waals surface area contributed by atoms with E-state index in [1.165, 1.54) is 0 Å². The first-order valence-corrected chi connectivity index (χ1v) is 1.88. The fraction of sp³-hybridized carbons (Fsp3) is 1.00. The van der Waals surface area contributed by atoms with E-state index in [0.717, 1.165) is 0 Å². The minimum absolute atomic E-state index is 0. The van der Waals surface area contributed by atoms with Gasteiger partial charge in [0, 0.05) is 23.7 Å². The van der Waals surface area contributed by atoms with Gasteiger partial charge in [0.25, 0.3) is 0 Å². The van der Waals surface area contributed by atoms with E-state index in [1.54, 1.807) is 0 Å². The van der Waals surface area contributed by atoms with Gasteiger partial charge in [-0.3, -0.25) is 0 Å². The van der Waals surface area contributed by atoms with E-state index in [9.17, 15) is 0 Å². The van der Waals surface area contributed by atoms with Crippen LogP contribution in [0, 0.1) is 5.92 Å². The van der Waals surface area contributed by atoms with Crippen molar-refractivity contribution < 1.29 is 22.2 Å². The zero-order valence-corrected chi connectivity index (χ0v) is 5.29. The Morgan fingerprint density at radius 1 is 1.50 bits per heavy atom. The van der Waals surface area contributed by atoms with Gasteiger partial charge in [0.15, 0.2) is 0 Å². The third kappa shape index (κ3) is 8.82. The summed E-state index contributed by atoms with van der Waals surface area (Å²) in [5.74, 6) is 0.440. The molecule has 0 heterocycles. The summed E-state index contributed by atoms with van der Waals surface area (Å²) in [5.41, 5.74) is 0. The molecule has 0 saturated carbocycles. The fourth-order valence-electron chi connectivity index (χ4n) is 0. The van der Waals surface area contributed by atoms with Crippen molar-refractivity contribution in [3.63, 3.8) is 0 Å². The van der Waals surface area contributed by atoms with Crippen molar-refractivity contribution in [3.05, 3.63) is 0 Å². The van der Waals surface area contributed by atoms with Crippen LogP contribution in [-0.4, -0.2) is 11.7 Å². The Balaban J connectivity index is 0. The Kier molecular flexibility index (Phi) is 8.85. The summed E-state index contributed by atoms with van der Waals surface area (Å²) in [6.45, 7) is 4.25. The SMILES string of the molecule is CC(C)CO.[Mn]. The van der Waals surface area contributed by atoms with E-state index in [2.05, 4.69) is 0 Å². The molecule has 0 fully saturated rings. The van der Waals surface area contributed by atoms with Crippen LogP contribution >= 0.6 is 0 Å². The van der Waals surface area contributed by atoms with Crippen LogP contribution in [0.5, 0.6) is 0 Å². The number of hydrogen-bond acceptors (Lipinski definition) is 1. The van der Waals surface area contributed by atoms with Crippen LogP contribution in [0.3, 0.4) is 0 Å². The second kappa shape index (κ2) is 5.48. The molecule has 0 aliphatic heterocycles. The Morgan fingerprint density at radius 2 is 1.67 bits per heavy atom. The molecule has 0 aromatic carbocycles. The van der Waals surface area contributed by atoms with Crippen LogP contribution in [0.2, 0.25) is 0 Å². The van der Waals surface area contributed by atoms with Gasteiger partial charge >= 0.3 is 0 Å². The van der Waals surface area contributed by atoms with Gasteiger partial charge in [0.1, 0.15) is 0 Å². The van der Waals surface area contributed by atoms with Gasteiger partial charge in [0.05, 0.1) is 0 Å². The second-order valence-corrected chi connectivity index (χ2v) is 1.58. The first kappa shape index (κ1) is 9.70. The standard InChI is InChI=1S/C4H10O.Mn/c1-4(2)3-5;/h4-5H,3H2,1-2H3;. The van der Waals surface area contributed by atoms with Gasteiger partial charge in [-0.2, -0.15) is 0 Å². The molecule has 0 aliphatic rings. The first-order chi connectivity index (χ1) is 2.27. The van der Waals surface area contributed by atoms with Gasteiger partial charge in [-0.05, 0) is 5.92 Å². The molecule has 39 valence electrons. The molecular weight excluding hydrogens is 119 g/mol. The molecule has 0 atom stereocenters. The van der Waals surface area contributed by atoms with E-state index < -0.39 is 0 Å². The molecule has 0 rings (SSSR count). The molecule has 0 bridgehead atoms. The van der Waals surface area contributed by atoms with Crippen molar-refractivity contribution in [2.45, 2.75) is 13.8 Å². The Labute approximate surface area is 49.2 Å². The molecule has 0 saturated heterocycles. The van der Waals surface area contributed by atoms with Crippen LogP contribution < -0.4 is 0 Å². The van der Waals surface area contributed by atoms with Gasteiger partial charge in [-0.15, -0.1) is 0 Å². The molecule has 6 heavy (non-hydrogen) atoms. The van der Waals surface area contributed by atoms with Gasteiger partial charge in [-0.25, -0.2) is 0 Å². The van der Waals surface area contributed by atoms with Crippen LogP contribution in [-0.2, 0) is 17.1 Å². The van der Waals surface area contributed by atoms with E-state index in [4.69, 9.17) is 5.11 Å². The molecule has 0 aliphatic carbocycles. The number of hydrogen-bond donors (Lipinski definition) is 1. The fourth-order valence-corrected chi connectivity index (χ4v) is 0. The van der Waals surface area contributed by atoms with Gasteiger partial charge in [-0.1, -0.05) is 13.8 Å². The molecule has 0 unspecified atom stereocenters. The molecule has 1 N–H and O–H groups in total. The van der Waals surface area contributed by atoms with Crippen molar-refractivity contribution >= 4 is 0 Å². The normalized spacial score (nSPS) is 8.00. The first-order valence-electron chi connectivity index (χ1n) is 1.88. The predicted octanol–water partition coefficient (Wildman–Crippen LogP) is 0.632. The van der Waals surface area contributed by atoms with Crippen LogP contribution in [0.15, 0.2) is 0 Å². The maximum absolute atomic E-state index is 8.14. The van der Waals surface area contributed by atoms with E-state index in [1.807, 2.05) is 13.8 Å². The third-order valence-electron chi connectivity index (χ3n) is 0.365. The molecule has 2 heteroatoms. The van der Waals surface area contributed by atoms with Gasteiger partial charge < -0.3 is 5.11 Å². The van der Waals surface area contributed by atoms with E-state index in [0.29, 0.717) is 12.5 Å². The minimum Gasteiger partial charge on any atom is -0.396 e. The molecule has 1 radical (unpaired) electrons. The monoisotopic (exact) mass is 129 g/mol. The predicted molar refractivity (Wildman–Crippen MR) is 21.9 cm³/mol. The van der Waals surface area contributed by atoms with E-state index in [-0.39, 0.29) is 17.1 Å². The Bertz CT molecular complexity index is 21.5. The third-order valence-corrected chi connectivity index (χ3v) is 0.365. The number of aliphatic hydroxyl groups is 1. The van der Waals surface area contributed by atoms with Crippen LogP contribution in [0.1, 0.15) is 13.8 Å². The molecule has 0 aromatic heterocycles. The van der Waals surface area contributed by atoms with E-state index >= 15 is 0 Å². The summed E-state index contributed by atoms with van der Waals surface area (Å²) in [7, 11) is 0. The van der Waals surface area contributed by atoms with Gasteiger partial charge in [0.2, 0.25) is 0 Å². The summed E-state index contributed by atoms with van der Waals surface area (Å²) >= 11 is 0. The van der Waals surface area contributed by atoms with Crippen molar-refractivity contribution in [2.24, 2.45) is 5.92 Å². The summed E-state index contributed by atoms with van der Waals surface area (Å²) in [5, 5.41) is 8.14. The number of aliphatic hydroxyl groups excluding tert-OH is 1. The minimum atomic E-state index is 0. The molecule has 1 nitrogen and oxygen atoms in total. The summed E-state index contributed by atoms with van der Waals surface area (Å²) in [6.07, 6.45) is 0. The Hall–Kier alpha value is 0.479. The van der Waals surface area contributed by atoms with Crippen LogP contribution in [0.25, 0.3) is 0 Å². The van der Waals surface area contributed by atoms with Crippen LogP contribution in [0.4, 0.5) is 0 Å². The quantitative estimate of drug-likeness (QED) is 0.515. The second-order valence-electron chi connectivity index (χ2n) is 1.58. The largest absolute Gasteiger partial charge is 0.396 e. The topological polar surface area (TPSA) is 20.2 Å². The number of rotatable bonds is 1. The van der Waals surface area contributed by atoms with Crippen molar-refractivity contribution in [3.8, 4) is 0 Å². The smallest absolute Gasteiger partial charge is 0.0453 e. The maximum Gasteiger partial charge on any atom is 0.0453 e. The Morgan fingerprint density at radius 3 is 1.67 bits per heavy atom. The zero-order valence-electron chi connectivity index (χ0n) is 4.11. The zero-order chi connectivity index (χ0) is 4.28. The van der Waals surface area contributed by atoms with Crippen molar-refractivity contribution in [2.75, 3.05) is 6.61 Å². The summed E-state index contributed by atoms with van der Waals surface area (Å²) in [6, 6.07) is 0. The van der Waals surface area contributed by atoms with Crippen molar-refractivity contribution in [1.29, 1.82) is 0 Å². The average molecular weight is 129 g/mol. The maximum atomic E-state index is 8.14. The summed E-state index contributed by atoms with van der Waals surface area (Å²) < 4.78 is 0. The molecule has 0 aromatic rings. The average Bonchev–Trinajstić information content (AvgIpc) is 1.38. The molecule has 0 spiro atoms. The van der Waals surface area contributed by atoms with Crippen molar-refractivity contribution in [1.82, 2.24) is 0 Å². The summed E-state index contributed by atoms with van der Waals surface area (Å²) in [4.78, 5) is 0.